The van der Waals surface area contributed by atoms with Crippen LogP contribution in [-0.2, 0) is 31.1 Å². The number of halogens is 1. The minimum absolute atomic E-state index is 0.229. The first-order valence-electron chi connectivity index (χ1n) is 7.37. The second kappa shape index (κ2) is 6.57. The molecule has 0 amide bonds. The van der Waals surface area contributed by atoms with Crippen molar-refractivity contribution in [3.63, 3.8) is 0 Å². The zero-order chi connectivity index (χ0) is 17.4. The fourth-order valence-electron chi connectivity index (χ4n) is 2.51. The summed E-state index contributed by atoms with van der Waals surface area (Å²) in [5.74, 6) is -1.41. The molecule has 0 aliphatic carbocycles. The Kier molecular flexibility index (Phi) is 4.64. The van der Waals surface area contributed by atoms with Crippen LogP contribution in [0.1, 0.15) is 25.3 Å². The normalized spacial score (nSPS) is 20.0. The third-order valence-electron chi connectivity index (χ3n) is 3.81. The number of benzene rings is 2. The van der Waals surface area contributed by atoms with E-state index in [4.69, 9.17) is 4.74 Å². The van der Waals surface area contributed by atoms with Crippen molar-refractivity contribution in [2.24, 2.45) is 0 Å². The average molecular weight is 366 g/mol. The first-order valence-corrected chi connectivity index (χ1v) is 9.67. The molecule has 0 spiro atoms. The molecular formula is C17H15FO4S2. The Morgan fingerprint density at radius 1 is 1.04 bits per heavy atom. The molecule has 7 heteroatoms. The fraction of sp³-hybridized carbons (Fsp3) is 0.235. The van der Waals surface area contributed by atoms with Crippen LogP contribution < -0.4 is 0 Å². The number of carbonyl (C=O) groups excluding carboxylic acids is 1. The van der Waals surface area contributed by atoms with Crippen LogP contribution in [0.5, 0.6) is 0 Å². The molecule has 0 fully saturated rings. The van der Waals surface area contributed by atoms with Gasteiger partial charge in [-0.2, -0.15) is 0 Å². The van der Waals surface area contributed by atoms with E-state index in [0.717, 1.165) is 6.07 Å². The summed E-state index contributed by atoms with van der Waals surface area (Å²) in [6, 6.07) is 8.62. The topological polar surface area (TPSA) is 60.4 Å². The number of ether oxygens (including phenoxy) is 1. The van der Waals surface area contributed by atoms with Crippen LogP contribution in [0.15, 0.2) is 56.0 Å². The molecule has 0 bridgehead atoms. The summed E-state index contributed by atoms with van der Waals surface area (Å²) < 4.78 is 43.8. The predicted molar refractivity (Wildman–Crippen MR) is 87.2 cm³/mol. The molecule has 3 atom stereocenters. The van der Waals surface area contributed by atoms with Gasteiger partial charge in [-0.25, -0.2) is 12.8 Å². The van der Waals surface area contributed by atoms with E-state index in [0.29, 0.717) is 20.2 Å². The van der Waals surface area contributed by atoms with Crippen LogP contribution in [0, 0.1) is 5.82 Å². The van der Waals surface area contributed by atoms with Crippen LogP contribution in [0.25, 0.3) is 0 Å². The zero-order valence-electron chi connectivity index (χ0n) is 13.1. The SMILES string of the molecule is CCOC(=O)C(C)c1ccc2c(c1)S(=O)c1ccc(F)cc1S2=O. The van der Waals surface area contributed by atoms with Gasteiger partial charge in [-0.3, -0.25) is 4.79 Å². The van der Waals surface area contributed by atoms with Crippen molar-refractivity contribution in [2.75, 3.05) is 6.61 Å². The number of hydrogen-bond donors (Lipinski definition) is 0. The van der Waals surface area contributed by atoms with E-state index >= 15 is 0 Å². The number of esters is 1. The lowest BCUT2D eigenvalue weighted by atomic mass is 10.0. The molecule has 3 unspecified atom stereocenters. The van der Waals surface area contributed by atoms with Gasteiger partial charge in [-0.1, -0.05) is 6.07 Å². The van der Waals surface area contributed by atoms with E-state index < -0.39 is 33.3 Å². The zero-order valence-corrected chi connectivity index (χ0v) is 14.7. The van der Waals surface area contributed by atoms with Crippen LogP contribution in [0.2, 0.25) is 0 Å². The molecule has 24 heavy (non-hydrogen) atoms. The van der Waals surface area contributed by atoms with Gasteiger partial charge in [0.15, 0.2) is 0 Å². The number of fused-ring (bicyclic) bond motifs is 2. The predicted octanol–water partition coefficient (Wildman–Crippen LogP) is 3.14. The summed E-state index contributed by atoms with van der Waals surface area (Å²) in [5, 5.41) is 0. The Labute approximate surface area is 143 Å². The molecule has 2 aromatic carbocycles. The van der Waals surface area contributed by atoms with Gasteiger partial charge in [0, 0.05) is 0 Å². The summed E-state index contributed by atoms with van der Waals surface area (Å²) in [5.41, 5.74) is 0.642. The van der Waals surface area contributed by atoms with E-state index in [2.05, 4.69) is 0 Å². The molecule has 0 N–H and O–H groups in total. The highest BCUT2D eigenvalue weighted by Gasteiger charge is 2.29. The molecule has 3 rings (SSSR count). The Morgan fingerprint density at radius 2 is 1.62 bits per heavy atom. The van der Waals surface area contributed by atoms with Gasteiger partial charge in [0.25, 0.3) is 0 Å². The molecular weight excluding hydrogens is 351 g/mol. The molecule has 1 aliphatic rings. The van der Waals surface area contributed by atoms with Crippen LogP contribution in [0.3, 0.4) is 0 Å². The van der Waals surface area contributed by atoms with Crippen molar-refractivity contribution in [3.05, 3.63) is 47.8 Å². The molecule has 2 aromatic rings. The average Bonchev–Trinajstić information content (AvgIpc) is 2.58. The van der Waals surface area contributed by atoms with Gasteiger partial charge in [-0.05, 0) is 49.7 Å². The summed E-state index contributed by atoms with van der Waals surface area (Å²) >= 11 is 0. The third kappa shape index (κ3) is 2.82. The van der Waals surface area contributed by atoms with Gasteiger partial charge in [0.2, 0.25) is 0 Å². The standard InChI is InChI=1S/C17H15FO4S2/c1-3-22-17(19)10(2)11-4-6-13-15(8-11)23(20)14-7-5-12(18)9-16(14)24(13)21/h4-10H,3H2,1-2H3. The first-order chi connectivity index (χ1) is 11.4. The van der Waals surface area contributed by atoms with E-state index in [-0.39, 0.29) is 17.5 Å². The van der Waals surface area contributed by atoms with Gasteiger partial charge >= 0.3 is 5.97 Å². The molecule has 1 heterocycles. The number of rotatable bonds is 3. The Morgan fingerprint density at radius 3 is 2.25 bits per heavy atom. The summed E-state index contributed by atoms with van der Waals surface area (Å²) in [7, 11) is -3.18. The summed E-state index contributed by atoms with van der Waals surface area (Å²) in [4.78, 5) is 13.2. The smallest absolute Gasteiger partial charge is 0.313 e. The van der Waals surface area contributed by atoms with Gasteiger partial charge in [0.05, 0.1) is 53.7 Å². The van der Waals surface area contributed by atoms with Crippen LogP contribution in [0.4, 0.5) is 4.39 Å². The highest BCUT2D eigenvalue weighted by Crippen LogP contribution is 2.37. The number of hydrogen-bond acceptors (Lipinski definition) is 4. The Bertz CT molecular complexity index is 879. The minimum Gasteiger partial charge on any atom is -0.466 e. The second-order valence-corrected chi connectivity index (χ2v) is 8.14. The van der Waals surface area contributed by atoms with Crippen LogP contribution >= 0.6 is 0 Å². The Hall–Kier alpha value is -1.86. The molecule has 0 aromatic heterocycles. The van der Waals surface area contributed by atoms with Gasteiger partial charge in [0.1, 0.15) is 5.82 Å². The van der Waals surface area contributed by atoms with Gasteiger partial charge in [-0.15, -0.1) is 0 Å². The minimum atomic E-state index is -1.61. The largest absolute Gasteiger partial charge is 0.466 e. The maximum Gasteiger partial charge on any atom is 0.313 e. The molecule has 1 aliphatic heterocycles. The summed E-state index contributed by atoms with van der Waals surface area (Å²) in [6.45, 7) is 3.71. The lowest BCUT2D eigenvalue weighted by Crippen LogP contribution is -2.15. The lowest BCUT2D eigenvalue weighted by molar-refractivity contribution is -0.144. The van der Waals surface area contributed by atoms with Crippen LogP contribution in [-0.4, -0.2) is 21.0 Å². The molecule has 0 saturated carbocycles. The Balaban J connectivity index is 2.06. The molecule has 4 nitrogen and oxygen atoms in total. The maximum absolute atomic E-state index is 13.4. The van der Waals surface area contributed by atoms with Crippen molar-refractivity contribution in [1.82, 2.24) is 0 Å². The lowest BCUT2D eigenvalue weighted by Gasteiger charge is -2.20. The fourth-order valence-corrected chi connectivity index (χ4v) is 5.73. The monoisotopic (exact) mass is 366 g/mol. The number of carbonyl (C=O) groups is 1. The third-order valence-corrected chi connectivity index (χ3v) is 7.06. The van der Waals surface area contributed by atoms with E-state index in [9.17, 15) is 17.6 Å². The highest BCUT2D eigenvalue weighted by molar-refractivity contribution is 7.91. The van der Waals surface area contributed by atoms with Crippen molar-refractivity contribution in [1.29, 1.82) is 0 Å². The van der Waals surface area contributed by atoms with Gasteiger partial charge < -0.3 is 4.74 Å². The maximum atomic E-state index is 13.4. The highest BCUT2D eigenvalue weighted by atomic mass is 32.2. The quantitative estimate of drug-likeness (QED) is 0.668. The summed E-state index contributed by atoms with van der Waals surface area (Å²) in [6.07, 6.45) is 0. The first kappa shape index (κ1) is 17.0. The van der Waals surface area contributed by atoms with Crippen molar-refractivity contribution >= 4 is 27.6 Å². The van der Waals surface area contributed by atoms with E-state index in [1.165, 1.54) is 12.1 Å². The second-order valence-electron chi connectivity index (χ2n) is 5.31. The van der Waals surface area contributed by atoms with Crippen molar-refractivity contribution in [2.45, 2.75) is 39.3 Å². The van der Waals surface area contributed by atoms with E-state index in [1.807, 2.05) is 0 Å². The molecule has 0 saturated heterocycles. The van der Waals surface area contributed by atoms with Crippen molar-refractivity contribution < 1.29 is 22.3 Å². The molecule has 126 valence electrons. The van der Waals surface area contributed by atoms with E-state index in [1.54, 1.807) is 32.0 Å². The molecule has 0 radical (unpaired) electrons. The van der Waals surface area contributed by atoms with Crippen molar-refractivity contribution in [3.8, 4) is 0 Å².